The molecule has 0 aromatic heterocycles. The molecule has 1 atom stereocenters. The Bertz CT molecular complexity index is 331. The topological polar surface area (TPSA) is 41.5 Å². The fourth-order valence-corrected chi connectivity index (χ4v) is 1.73. The molecular weight excluding hydrogens is 226 g/mol. The van der Waals surface area contributed by atoms with E-state index in [4.69, 9.17) is 21.4 Å². The Balaban J connectivity index is 2.53. The summed E-state index contributed by atoms with van der Waals surface area (Å²) in [5, 5.41) is 13.0. The van der Waals surface area contributed by atoms with Gasteiger partial charge in [0.05, 0.1) is 19.3 Å². The van der Waals surface area contributed by atoms with E-state index in [0.717, 1.165) is 16.1 Å². The quantitative estimate of drug-likeness (QED) is 0.800. The second-order valence-electron chi connectivity index (χ2n) is 3.81. The smallest absolute Gasteiger partial charge is 0.0638 e. The number of aliphatic hydroxyl groups excluding tert-OH is 1. The van der Waals surface area contributed by atoms with Crippen molar-refractivity contribution in [3.8, 4) is 0 Å². The van der Waals surface area contributed by atoms with Crippen molar-refractivity contribution in [3.05, 3.63) is 34.3 Å². The summed E-state index contributed by atoms with van der Waals surface area (Å²) >= 11 is 6.10. The van der Waals surface area contributed by atoms with Crippen LogP contribution in [0.2, 0.25) is 5.02 Å². The highest BCUT2D eigenvalue weighted by Crippen LogP contribution is 2.17. The summed E-state index contributed by atoms with van der Waals surface area (Å²) in [4.78, 5) is 0. The van der Waals surface area contributed by atoms with Crippen LogP contribution in [0.1, 0.15) is 11.1 Å². The zero-order valence-corrected chi connectivity index (χ0v) is 10.4. The molecule has 1 aromatic carbocycles. The normalized spacial score (nSPS) is 12.8. The highest BCUT2D eigenvalue weighted by Gasteiger charge is 2.07. The lowest BCUT2D eigenvalue weighted by molar-refractivity contribution is 0.128. The molecule has 0 radical (unpaired) electrons. The van der Waals surface area contributed by atoms with Gasteiger partial charge in [0.1, 0.15) is 0 Å². The highest BCUT2D eigenvalue weighted by atomic mass is 35.5. The second-order valence-corrected chi connectivity index (χ2v) is 4.22. The lowest BCUT2D eigenvalue weighted by atomic mass is 10.1. The molecular formula is C12H18ClNO2. The monoisotopic (exact) mass is 243 g/mol. The molecule has 2 N–H and O–H groups in total. The molecule has 0 aliphatic carbocycles. The molecule has 3 nitrogen and oxygen atoms in total. The van der Waals surface area contributed by atoms with Gasteiger partial charge in [0.15, 0.2) is 0 Å². The summed E-state index contributed by atoms with van der Waals surface area (Å²) in [6.07, 6.45) is 0. The molecule has 0 saturated carbocycles. The van der Waals surface area contributed by atoms with E-state index in [1.165, 1.54) is 0 Å². The van der Waals surface area contributed by atoms with Gasteiger partial charge in [-0.2, -0.15) is 0 Å². The average molecular weight is 244 g/mol. The molecule has 1 aromatic rings. The van der Waals surface area contributed by atoms with Crippen molar-refractivity contribution in [2.24, 2.45) is 0 Å². The van der Waals surface area contributed by atoms with Crippen molar-refractivity contribution in [1.29, 1.82) is 0 Å². The minimum atomic E-state index is -0.0534. The summed E-state index contributed by atoms with van der Waals surface area (Å²) in [6.45, 7) is 3.18. The maximum atomic E-state index is 9.07. The fraction of sp³-hybridized carbons (Fsp3) is 0.500. The third-order valence-corrected chi connectivity index (χ3v) is 2.73. The first kappa shape index (κ1) is 13.5. The van der Waals surface area contributed by atoms with Crippen LogP contribution in [0.4, 0.5) is 0 Å². The molecule has 90 valence electrons. The Labute approximate surface area is 101 Å². The summed E-state index contributed by atoms with van der Waals surface area (Å²) in [5.41, 5.74) is 2.17. The van der Waals surface area contributed by atoms with Crippen LogP contribution in [-0.4, -0.2) is 31.5 Å². The fourth-order valence-electron chi connectivity index (χ4n) is 1.43. The van der Waals surface area contributed by atoms with Gasteiger partial charge in [0, 0.05) is 18.7 Å². The van der Waals surface area contributed by atoms with Gasteiger partial charge in [0.25, 0.3) is 0 Å². The molecule has 0 amide bonds. The Hall–Kier alpha value is -0.610. The van der Waals surface area contributed by atoms with Crippen LogP contribution in [-0.2, 0) is 11.3 Å². The van der Waals surface area contributed by atoms with Crippen molar-refractivity contribution >= 4 is 11.6 Å². The van der Waals surface area contributed by atoms with Crippen LogP contribution >= 0.6 is 11.6 Å². The molecule has 0 bridgehead atoms. The molecule has 1 unspecified atom stereocenters. The zero-order valence-electron chi connectivity index (χ0n) is 9.66. The lowest BCUT2D eigenvalue weighted by Gasteiger charge is -2.15. The predicted octanol–water partition coefficient (Wildman–Crippen LogP) is 1.75. The number of ether oxygens (including phenoxy) is 1. The third-order valence-electron chi connectivity index (χ3n) is 2.38. The van der Waals surface area contributed by atoms with Crippen LogP contribution in [0.5, 0.6) is 0 Å². The molecule has 0 aliphatic heterocycles. The SMILES string of the molecule is COCC(CO)NCc1ccc(C)cc1Cl. The maximum Gasteiger partial charge on any atom is 0.0638 e. The van der Waals surface area contributed by atoms with Crippen molar-refractivity contribution in [1.82, 2.24) is 5.32 Å². The van der Waals surface area contributed by atoms with Gasteiger partial charge in [-0.1, -0.05) is 23.7 Å². The summed E-state index contributed by atoms with van der Waals surface area (Å²) in [6, 6.07) is 5.89. The van der Waals surface area contributed by atoms with Gasteiger partial charge >= 0.3 is 0 Å². The number of aliphatic hydroxyl groups is 1. The third kappa shape index (κ3) is 4.10. The minimum Gasteiger partial charge on any atom is -0.395 e. The van der Waals surface area contributed by atoms with Crippen molar-refractivity contribution in [3.63, 3.8) is 0 Å². The van der Waals surface area contributed by atoms with E-state index in [1.807, 2.05) is 25.1 Å². The Kier molecular flexibility index (Phi) is 5.77. The number of nitrogens with one attached hydrogen (secondary N) is 1. The minimum absolute atomic E-state index is 0.0529. The van der Waals surface area contributed by atoms with Crippen LogP contribution < -0.4 is 5.32 Å². The van der Waals surface area contributed by atoms with E-state index in [1.54, 1.807) is 7.11 Å². The van der Waals surface area contributed by atoms with Crippen LogP contribution in [0.15, 0.2) is 18.2 Å². The van der Waals surface area contributed by atoms with Gasteiger partial charge in [-0.05, 0) is 24.1 Å². The van der Waals surface area contributed by atoms with E-state index in [9.17, 15) is 0 Å². The second kappa shape index (κ2) is 6.86. The van der Waals surface area contributed by atoms with Crippen LogP contribution in [0, 0.1) is 6.92 Å². The van der Waals surface area contributed by atoms with Gasteiger partial charge < -0.3 is 15.2 Å². The Morgan fingerprint density at radius 3 is 2.81 bits per heavy atom. The van der Waals surface area contributed by atoms with Crippen LogP contribution in [0.3, 0.4) is 0 Å². The molecule has 16 heavy (non-hydrogen) atoms. The summed E-state index contributed by atoms with van der Waals surface area (Å²) in [7, 11) is 1.61. The average Bonchev–Trinajstić information content (AvgIpc) is 2.26. The van der Waals surface area contributed by atoms with E-state index in [-0.39, 0.29) is 12.6 Å². The number of rotatable bonds is 6. The van der Waals surface area contributed by atoms with Crippen molar-refractivity contribution < 1.29 is 9.84 Å². The Morgan fingerprint density at radius 1 is 1.50 bits per heavy atom. The van der Waals surface area contributed by atoms with Gasteiger partial charge in [0.2, 0.25) is 0 Å². The zero-order chi connectivity index (χ0) is 12.0. The number of aryl methyl sites for hydroxylation is 1. The van der Waals surface area contributed by atoms with Crippen LogP contribution in [0.25, 0.3) is 0 Å². The number of benzene rings is 1. The largest absolute Gasteiger partial charge is 0.395 e. The molecule has 4 heteroatoms. The van der Waals surface area contributed by atoms with Gasteiger partial charge in [-0.3, -0.25) is 0 Å². The molecule has 1 rings (SSSR count). The van der Waals surface area contributed by atoms with E-state index in [2.05, 4.69) is 5.32 Å². The molecule has 0 aliphatic rings. The number of hydrogen-bond donors (Lipinski definition) is 2. The van der Waals surface area contributed by atoms with Crippen molar-refractivity contribution in [2.75, 3.05) is 20.3 Å². The molecule has 0 fully saturated rings. The Morgan fingerprint density at radius 2 is 2.25 bits per heavy atom. The van der Waals surface area contributed by atoms with E-state index >= 15 is 0 Å². The highest BCUT2D eigenvalue weighted by molar-refractivity contribution is 6.31. The first-order valence-corrected chi connectivity index (χ1v) is 5.63. The van der Waals surface area contributed by atoms with Crippen molar-refractivity contribution in [2.45, 2.75) is 19.5 Å². The maximum absolute atomic E-state index is 9.07. The summed E-state index contributed by atoms with van der Waals surface area (Å²) < 4.78 is 4.98. The predicted molar refractivity (Wildman–Crippen MR) is 65.8 cm³/mol. The van der Waals surface area contributed by atoms with E-state index in [0.29, 0.717) is 13.2 Å². The van der Waals surface area contributed by atoms with Gasteiger partial charge in [-0.15, -0.1) is 0 Å². The number of hydrogen-bond acceptors (Lipinski definition) is 3. The molecule has 0 saturated heterocycles. The molecule has 0 spiro atoms. The number of methoxy groups -OCH3 is 1. The first-order chi connectivity index (χ1) is 7.67. The van der Waals surface area contributed by atoms with E-state index < -0.39 is 0 Å². The lowest BCUT2D eigenvalue weighted by Crippen LogP contribution is -2.35. The standard InChI is InChI=1S/C12H18ClNO2/c1-9-3-4-10(12(13)5-9)6-14-11(7-15)8-16-2/h3-5,11,14-15H,6-8H2,1-2H3. The van der Waals surface area contributed by atoms with Gasteiger partial charge in [-0.25, -0.2) is 0 Å². The first-order valence-electron chi connectivity index (χ1n) is 5.25. The number of halogens is 1. The summed E-state index contributed by atoms with van der Waals surface area (Å²) in [5.74, 6) is 0. The molecule has 0 heterocycles.